The maximum atomic E-state index is 9.96. The molecule has 0 aliphatic carbocycles. The minimum atomic E-state index is -0.683. The molecule has 1 aromatic carbocycles. The molecule has 1 N–H and O–H groups in total. The Balaban J connectivity index is 1.58. The molecule has 4 atom stereocenters. The number of aliphatic hydroxyl groups excluding tert-OH is 1. The van der Waals surface area contributed by atoms with Crippen molar-refractivity contribution in [2.45, 2.75) is 37.6 Å². The van der Waals surface area contributed by atoms with Gasteiger partial charge < -0.3 is 19.3 Å². The zero-order valence-corrected chi connectivity index (χ0v) is 9.49. The van der Waals surface area contributed by atoms with Gasteiger partial charge in [-0.1, -0.05) is 30.3 Å². The van der Waals surface area contributed by atoms with Gasteiger partial charge in [-0.3, -0.25) is 0 Å². The first-order valence-corrected chi connectivity index (χ1v) is 5.93. The molecule has 2 saturated heterocycles. The standard InChI is InChI=1S/C13H16O4/c14-12-11(6-10-8-16-13(12)17-10)15-7-9-4-2-1-3-5-9/h1-5,10-14H,6-8H2/t10-,11+,12-,13+/m1/s1. The summed E-state index contributed by atoms with van der Waals surface area (Å²) in [4.78, 5) is 0. The van der Waals surface area contributed by atoms with E-state index in [0.717, 1.165) is 5.56 Å². The average Bonchev–Trinajstić information content (AvgIpc) is 2.78. The van der Waals surface area contributed by atoms with Crippen molar-refractivity contribution in [2.24, 2.45) is 0 Å². The van der Waals surface area contributed by atoms with Crippen LogP contribution in [0.2, 0.25) is 0 Å². The predicted molar refractivity (Wildman–Crippen MR) is 60.3 cm³/mol. The number of fused-ring (bicyclic) bond motifs is 2. The SMILES string of the molecule is O[C@H]1[C@H]2OC[C@@H](C[C@@H]1OCc1ccccc1)O2. The Kier molecular flexibility index (Phi) is 3.11. The lowest BCUT2D eigenvalue weighted by Gasteiger charge is -2.31. The maximum absolute atomic E-state index is 9.96. The van der Waals surface area contributed by atoms with Gasteiger partial charge in [-0.05, 0) is 5.56 Å². The van der Waals surface area contributed by atoms with Crippen molar-refractivity contribution in [1.29, 1.82) is 0 Å². The Hall–Kier alpha value is -0.940. The van der Waals surface area contributed by atoms with E-state index >= 15 is 0 Å². The van der Waals surface area contributed by atoms with Gasteiger partial charge in [-0.25, -0.2) is 0 Å². The minimum Gasteiger partial charge on any atom is -0.385 e. The second kappa shape index (κ2) is 4.74. The molecule has 2 bridgehead atoms. The molecule has 2 heterocycles. The van der Waals surface area contributed by atoms with Crippen molar-refractivity contribution >= 4 is 0 Å². The fraction of sp³-hybridized carbons (Fsp3) is 0.538. The number of hydrogen-bond acceptors (Lipinski definition) is 4. The Morgan fingerprint density at radius 2 is 2.12 bits per heavy atom. The van der Waals surface area contributed by atoms with E-state index < -0.39 is 12.4 Å². The molecule has 1 aromatic rings. The van der Waals surface area contributed by atoms with E-state index in [0.29, 0.717) is 19.6 Å². The third-order valence-corrected chi connectivity index (χ3v) is 3.23. The Labute approximate surface area is 100 Å². The smallest absolute Gasteiger partial charge is 0.186 e. The predicted octanol–water partition coefficient (Wildman–Crippen LogP) is 1.08. The molecule has 0 amide bonds. The van der Waals surface area contributed by atoms with Gasteiger partial charge in [0.15, 0.2) is 6.29 Å². The topological polar surface area (TPSA) is 47.9 Å². The van der Waals surface area contributed by atoms with Gasteiger partial charge in [0.1, 0.15) is 6.10 Å². The quantitative estimate of drug-likeness (QED) is 0.853. The van der Waals surface area contributed by atoms with E-state index in [-0.39, 0.29) is 12.2 Å². The number of benzene rings is 1. The van der Waals surface area contributed by atoms with Gasteiger partial charge in [0.25, 0.3) is 0 Å². The van der Waals surface area contributed by atoms with E-state index in [1.165, 1.54) is 0 Å². The van der Waals surface area contributed by atoms with Gasteiger partial charge in [-0.15, -0.1) is 0 Å². The van der Waals surface area contributed by atoms with Crippen LogP contribution in [0, 0.1) is 0 Å². The van der Waals surface area contributed by atoms with Crippen LogP contribution >= 0.6 is 0 Å². The van der Waals surface area contributed by atoms with Gasteiger partial charge in [0.2, 0.25) is 0 Å². The third kappa shape index (κ3) is 2.35. The lowest BCUT2D eigenvalue weighted by molar-refractivity contribution is -0.206. The average molecular weight is 236 g/mol. The van der Waals surface area contributed by atoms with Gasteiger partial charge in [0.05, 0.1) is 25.4 Å². The Morgan fingerprint density at radius 3 is 2.94 bits per heavy atom. The summed E-state index contributed by atoms with van der Waals surface area (Å²) in [6, 6.07) is 9.95. The second-order valence-electron chi connectivity index (χ2n) is 4.52. The van der Waals surface area contributed by atoms with E-state index in [1.54, 1.807) is 0 Å². The molecule has 4 nitrogen and oxygen atoms in total. The number of ether oxygens (including phenoxy) is 3. The molecule has 3 rings (SSSR count). The summed E-state index contributed by atoms with van der Waals surface area (Å²) in [5.74, 6) is 0. The monoisotopic (exact) mass is 236 g/mol. The summed E-state index contributed by atoms with van der Waals surface area (Å²) >= 11 is 0. The molecule has 92 valence electrons. The molecule has 2 fully saturated rings. The van der Waals surface area contributed by atoms with Crippen LogP contribution in [0.1, 0.15) is 12.0 Å². The van der Waals surface area contributed by atoms with E-state index in [1.807, 2.05) is 30.3 Å². The molecule has 17 heavy (non-hydrogen) atoms. The normalized spacial score (nSPS) is 36.1. The van der Waals surface area contributed by atoms with Gasteiger partial charge >= 0.3 is 0 Å². The lowest BCUT2D eigenvalue weighted by atomic mass is 10.0. The van der Waals surface area contributed by atoms with Crippen LogP contribution in [0.5, 0.6) is 0 Å². The molecule has 0 spiro atoms. The zero-order chi connectivity index (χ0) is 11.7. The fourth-order valence-electron chi connectivity index (χ4n) is 2.29. The molecule has 2 aliphatic heterocycles. The number of hydrogen-bond donors (Lipinski definition) is 1. The van der Waals surface area contributed by atoms with Crippen LogP contribution in [0.3, 0.4) is 0 Å². The first-order chi connectivity index (χ1) is 8.33. The van der Waals surface area contributed by atoms with E-state index in [9.17, 15) is 5.11 Å². The van der Waals surface area contributed by atoms with Crippen LogP contribution < -0.4 is 0 Å². The maximum Gasteiger partial charge on any atom is 0.186 e. The van der Waals surface area contributed by atoms with Crippen LogP contribution in [-0.4, -0.2) is 36.3 Å². The highest BCUT2D eigenvalue weighted by Gasteiger charge is 2.43. The molecule has 0 saturated carbocycles. The summed E-state index contributed by atoms with van der Waals surface area (Å²) in [6.45, 7) is 1.08. The Morgan fingerprint density at radius 1 is 1.29 bits per heavy atom. The molecule has 0 aromatic heterocycles. The third-order valence-electron chi connectivity index (χ3n) is 3.23. The minimum absolute atomic E-state index is 0.0733. The molecule has 2 aliphatic rings. The van der Waals surface area contributed by atoms with E-state index in [4.69, 9.17) is 14.2 Å². The van der Waals surface area contributed by atoms with Crippen molar-refractivity contribution in [2.75, 3.05) is 6.61 Å². The van der Waals surface area contributed by atoms with Crippen LogP contribution in [0.4, 0.5) is 0 Å². The van der Waals surface area contributed by atoms with Crippen LogP contribution in [0.25, 0.3) is 0 Å². The summed E-state index contributed by atoms with van der Waals surface area (Å²) in [5, 5.41) is 9.96. The van der Waals surface area contributed by atoms with Crippen LogP contribution in [-0.2, 0) is 20.8 Å². The van der Waals surface area contributed by atoms with Crippen molar-refractivity contribution in [3.05, 3.63) is 35.9 Å². The first kappa shape index (κ1) is 11.2. The zero-order valence-electron chi connectivity index (χ0n) is 9.49. The highest BCUT2D eigenvalue weighted by Crippen LogP contribution is 2.29. The fourth-order valence-corrected chi connectivity index (χ4v) is 2.29. The van der Waals surface area contributed by atoms with Gasteiger partial charge in [0, 0.05) is 6.42 Å². The Bertz CT molecular complexity index is 367. The highest BCUT2D eigenvalue weighted by molar-refractivity contribution is 5.13. The number of aliphatic hydroxyl groups is 1. The van der Waals surface area contributed by atoms with Crippen molar-refractivity contribution < 1.29 is 19.3 Å². The summed E-state index contributed by atoms with van der Waals surface area (Å²) in [6.07, 6.45) is -0.609. The summed E-state index contributed by atoms with van der Waals surface area (Å²) < 4.78 is 16.5. The van der Waals surface area contributed by atoms with Crippen molar-refractivity contribution in [3.63, 3.8) is 0 Å². The molecule has 0 unspecified atom stereocenters. The number of rotatable bonds is 3. The molecular formula is C13H16O4. The highest BCUT2D eigenvalue weighted by atomic mass is 16.7. The first-order valence-electron chi connectivity index (χ1n) is 5.93. The summed E-state index contributed by atoms with van der Waals surface area (Å²) in [5.41, 5.74) is 1.11. The van der Waals surface area contributed by atoms with E-state index in [2.05, 4.69) is 0 Å². The van der Waals surface area contributed by atoms with Crippen molar-refractivity contribution in [3.8, 4) is 0 Å². The van der Waals surface area contributed by atoms with Crippen molar-refractivity contribution in [1.82, 2.24) is 0 Å². The molecule has 4 heteroatoms. The molecule has 0 radical (unpaired) electrons. The second-order valence-corrected chi connectivity index (χ2v) is 4.52. The summed E-state index contributed by atoms with van der Waals surface area (Å²) in [7, 11) is 0. The largest absolute Gasteiger partial charge is 0.385 e. The lowest BCUT2D eigenvalue weighted by Crippen LogP contribution is -2.45. The van der Waals surface area contributed by atoms with Gasteiger partial charge in [-0.2, -0.15) is 0 Å². The molecular weight excluding hydrogens is 220 g/mol. The van der Waals surface area contributed by atoms with Crippen LogP contribution in [0.15, 0.2) is 30.3 Å².